The molecule has 1 nitrogen and oxygen atoms in total. The fourth-order valence-corrected chi connectivity index (χ4v) is 2.08. The van der Waals surface area contributed by atoms with Gasteiger partial charge in [0, 0.05) is 16.1 Å². The molecule has 2 rings (SSSR count). The van der Waals surface area contributed by atoms with Crippen molar-refractivity contribution in [2.75, 3.05) is 0 Å². The smallest absolute Gasteiger partial charge is 0.0844 e. The van der Waals surface area contributed by atoms with Gasteiger partial charge in [0.15, 0.2) is 0 Å². The summed E-state index contributed by atoms with van der Waals surface area (Å²) in [6.45, 7) is 0. The van der Waals surface area contributed by atoms with Gasteiger partial charge in [0.05, 0.1) is 15.6 Å². The van der Waals surface area contributed by atoms with Crippen molar-refractivity contribution in [3.8, 4) is 0 Å². The Morgan fingerprint density at radius 1 is 1.25 bits per heavy atom. The summed E-state index contributed by atoms with van der Waals surface area (Å²) in [7, 11) is 0. The summed E-state index contributed by atoms with van der Waals surface area (Å²) in [5.41, 5.74) is 0.880. The number of aromatic amines is 1. The lowest BCUT2D eigenvalue weighted by atomic mass is 10.2. The van der Waals surface area contributed by atoms with Gasteiger partial charge in [-0.1, -0.05) is 23.2 Å². The zero-order valence-electron chi connectivity index (χ0n) is 5.87. The Kier molecular flexibility index (Phi) is 2.07. The lowest BCUT2D eigenvalue weighted by molar-refractivity contribution is 1.47. The quantitative estimate of drug-likeness (QED) is 0.686. The van der Waals surface area contributed by atoms with E-state index in [0.717, 1.165) is 15.4 Å². The molecule has 0 amide bonds. The number of nitrogens with one attached hydrogen (secondary N) is 1. The van der Waals surface area contributed by atoms with E-state index in [-0.39, 0.29) is 0 Å². The molecule has 0 unspecified atom stereocenters. The largest absolute Gasteiger partial charge is 0.360 e. The SMILES string of the molecule is Clc1c(Br)cc2cc[nH]c2c1Cl. The Labute approximate surface area is 87.8 Å². The van der Waals surface area contributed by atoms with E-state index in [1.54, 1.807) is 0 Å². The van der Waals surface area contributed by atoms with Crippen molar-refractivity contribution in [1.29, 1.82) is 0 Å². The van der Waals surface area contributed by atoms with Crippen LogP contribution in [0.5, 0.6) is 0 Å². The van der Waals surface area contributed by atoms with Crippen LogP contribution in [0.3, 0.4) is 0 Å². The van der Waals surface area contributed by atoms with Gasteiger partial charge in [0.2, 0.25) is 0 Å². The zero-order chi connectivity index (χ0) is 8.72. The highest BCUT2D eigenvalue weighted by Gasteiger charge is 2.08. The Balaban J connectivity index is 2.94. The van der Waals surface area contributed by atoms with Crippen molar-refractivity contribution in [1.82, 2.24) is 4.98 Å². The third kappa shape index (κ3) is 1.15. The second kappa shape index (κ2) is 2.95. The summed E-state index contributed by atoms with van der Waals surface area (Å²) in [6, 6.07) is 3.88. The number of hydrogen-bond acceptors (Lipinski definition) is 0. The molecule has 1 N–H and O–H groups in total. The minimum absolute atomic E-state index is 0.548. The van der Waals surface area contributed by atoms with Gasteiger partial charge in [0.1, 0.15) is 0 Å². The number of hydrogen-bond donors (Lipinski definition) is 1. The van der Waals surface area contributed by atoms with Gasteiger partial charge in [-0.05, 0) is 28.1 Å². The average Bonchev–Trinajstić information content (AvgIpc) is 2.48. The van der Waals surface area contributed by atoms with Gasteiger partial charge in [-0.25, -0.2) is 0 Å². The molecule has 1 aromatic heterocycles. The molecule has 0 aliphatic heterocycles. The minimum atomic E-state index is 0.548. The molecule has 0 spiro atoms. The Morgan fingerprint density at radius 3 is 2.75 bits per heavy atom. The van der Waals surface area contributed by atoms with Crippen LogP contribution in [0.25, 0.3) is 10.9 Å². The van der Waals surface area contributed by atoms with Gasteiger partial charge in [0.25, 0.3) is 0 Å². The first-order valence-corrected chi connectivity index (χ1v) is 4.85. The minimum Gasteiger partial charge on any atom is -0.360 e. The molecule has 62 valence electrons. The summed E-state index contributed by atoms with van der Waals surface area (Å²) in [5, 5.41) is 2.16. The van der Waals surface area contributed by atoms with Gasteiger partial charge >= 0.3 is 0 Å². The maximum atomic E-state index is 5.98. The first-order chi connectivity index (χ1) is 5.70. The van der Waals surface area contributed by atoms with E-state index in [4.69, 9.17) is 23.2 Å². The molecule has 1 aromatic carbocycles. The summed E-state index contributed by atoms with van der Waals surface area (Å²) >= 11 is 15.2. The monoisotopic (exact) mass is 263 g/mol. The van der Waals surface area contributed by atoms with Crippen LogP contribution >= 0.6 is 39.1 Å². The standard InChI is InChI=1S/C8H4BrCl2N/c9-5-3-4-1-2-12-8(4)7(11)6(5)10/h1-3,12H. The predicted molar refractivity (Wildman–Crippen MR) is 56.0 cm³/mol. The third-order valence-corrected chi connectivity index (χ3v) is 3.40. The van der Waals surface area contributed by atoms with Crippen LogP contribution in [0, 0.1) is 0 Å². The van der Waals surface area contributed by atoms with Crippen molar-refractivity contribution >= 4 is 50.0 Å². The molecule has 12 heavy (non-hydrogen) atoms. The molecule has 0 atom stereocenters. The van der Waals surface area contributed by atoms with Crippen molar-refractivity contribution in [3.05, 3.63) is 32.8 Å². The maximum Gasteiger partial charge on any atom is 0.0844 e. The third-order valence-electron chi connectivity index (χ3n) is 1.68. The predicted octanol–water partition coefficient (Wildman–Crippen LogP) is 4.24. The molecular weight excluding hydrogens is 261 g/mol. The maximum absolute atomic E-state index is 5.98. The molecule has 0 saturated carbocycles. The number of aromatic nitrogens is 1. The van der Waals surface area contributed by atoms with Crippen LogP contribution < -0.4 is 0 Å². The highest BCUT2D eigenvalue weighted by molar-refractivity contribution is 9.10. The zero-order valence-corrected chi connectivity index (χ0v) is 8.96. The molecule has 0 saturated heterocycles. The molecule has 0 aliphatic rings. The molecule has 0 fully saturated rings. The van der Waals surface area contributed by atoms with Crippen LogP contribution in [0.15, 0.2) is 22.8 Å². The van der Waals surface area contributed by atoms with Crippen LogP contribution in [0.2, 0.25) is 10.0 Å². The van der Waals surface area contributed by atoms with E-state index in [1.165, 1.54) is 0 Å². The number of H-pyrrole nitrogens is 1. The van der Waals surface area contributed by atoms with E-state index < -0.39 is 0 Å². The second-order valence-electron chi connectivity index (χ2n) is 2.43. The molecule has 1 heterocycles. The fraction of sp³-hybridized carbons (Fsp3) is 0. The van der Waals surface area contributed by atoms with Crippen molar-refractivity contribution < 1.29 is 0 Å². The first-order valence-electron chi connectivity index (χ1n) is 3.30. The number of halogens is 3. The van der Waals surface area contributed by atoms with Crippen molar-refractivity contribution in [2.45, 2.75) is 0 Å². The van der Waals surface area contributed by atoms with Gasteiger partial charge in [-0.15, -0.1) is 0 Å². The second-order valence-corrected chi connectivity index (χ2v) is 4.04. The summed E-state index contributed by atoms with van der Waals surface area (Å²) in [4.78, 5) is 3.02. The van der Waals surface area contributed by atoms with Crippen molar-refractivity contribution in [2.24, 2.45) is 0 Å². The van der Waals surface area contributed by atoms with E-state index in [9.17, 15) is 0 Å². The molecule has 0 aliphatic carbocycles. The van der Waals surface area contributed by atoms with Crippen LogP contribution in [-0.4, -0.2) is 4.98 Å². The Morgan fingerprint density at radius 2 is 2.00 bits per heavy atom. The van der Waals surface area contributed by atoms with E-state index in [2.05, 4.69) is 20.9 Å². The van der Waals surface area contributed by atoms with Crippen LogP contribution in [0.1, 0.15) is 0 Å². The summed E-state index contributed by atoms with van der Waals surface area (Å²) < 4.78 is 0.821. The highest BCUT2D eigenvalue weighted by atomic mass is 79.9. The normalized spacial score (nSPS) is 10.9. The fourth-order valence-electron chi connectivity index (χ4n) is 1.11. The Bertz CT molecular complexity index is 436. The van der Waals surface area contributed by atoms with Gasteiger partial charge in [-0.3, -0.25) is 0 Å². The van der Waals surface area contributed by atoms with E-state index >= 15 is 0 Å². The van der Waals surface area contributed by atoms with E-state index in [0.29, 0.717) is 10.0 Å². The summed E-state index contributed by atoms with van der Waals surface area (Å²) in [6.07, 6.45) is 1.83. The van der Waals surface area contributed by atoms with Crippen LogP contribution in [0.4, 0.5) is 0 Å². The van der Waals surface area contributed by atoms with Gasteiger partial charge < -0.3 is 4.98 Å². The average molecular weight is 265 g/mol. The number of benzene rings is 1. The molecule has 0 bridgehead atoms. The topological polar surface area (TPSA) is 15.8 Å². The van der Waals surface area contributed by atoms with Crippen LogP contribution in [-0.2, 0) is 0 Å². The Hall–Kier alpha value is -0.180. The number of rotatable bonds is 0. The molecular formula is C8H4BrCl2N. The highest BCUT2D eigenvalue weighted by Crippen LogP contribution is 2.35. The molecule has 2 aromatic rings. The molecule has 0 radical (unpaired) electrons. The van der Waals surface area contributed by atoms with Gasteiger partial charge in [-0.2, -0.15) is 0 Å². The first kappa shape index (κ1) is 8.42. The van der Waals surface area contributed by atoms with Crippen molar-refractivity contribution in [3.63, 3.8) is 0 Å². The lowest BCUT2D eigenvalue weighted by Gasteiger charge is -1.99. The lowest BCUT2D eigenvalue weighted by Crippen LogP contribution is -1.75. The van der Waals surface area contributed by atoms with E-state index in [1.807, 2.05) is 18.3 Å². The number of fused-ring (bicyclic) bond motifs is 1. The summed E-state index contributed by atoms with van der Waals surface area (Å²) in [5.74, 6) is 0. The molecule has 4 heteroatoms.